The van der Waals surface area contributed by atoms with E-state index in [0.717, 1.165) is 19.3 Å². The molecule has 1 aromatic rings. The monoisotopic (exact) mass is 306 g/mol. The minimum atomic E-state index is -0.668. The molecule has 0 aliphatic heterocycles. The maximum Gasteiger partial charge on any atom is 0.254 e. The maximum absolute atomic E-state index is 13.7. The summed E-state index contributed by atoms with van der Waals surface area (Å²) in [7, 11) is 0. The Bertz CT molecular complexity index is 456. The minimum Gasteiger partial charge on any atom is -0.349 e. The summed E-state index contributed by atoms with van der Waals surface area (Å²) in [6, 6.07) is 4.46. The zero-order chi connectivity index (χ0) is 13.1. The van der Waals surface area contributed by atoms with Gasteiger partial charge >= 0.3 is 0 Å². The Morgan fingerprint density at radius 1 is 1.47 bits per heavy atom. The Kier molecular flexibility index (Phi) is 6.04. The van der Waals surface area contributed by atoms with Crippen LogP contribution < -0.4 is 11.1 Å². The van der Waals surface area contributed by atoms with Gasteiger partial charge in [-0.05, 0) is 37.4 Å². The average Bonchev–Trinajstić information content (AvgIpc) is 2.79. The molecular formula is C13H17Cl2FN2O. The largest absolute Gasteiger partial charge is 0.349 e. The average molecular weight is 307 g/mol. The first-order valence-corrected chi connectivity index (χ1v) is 6.46. The molecule has 0 heterocycles. The number of hydrogen-bond acceptors (Lipinski definition) is 2. The molecule has 0 saturated heterocycles. The van der Waals surface area contributed by atoms with Crippen LogP contribution in [0, 0.1) is 11.7 Å². The van der Waals surface area contributed by atoms with E-state index in [1.54, 1.807) is 6.07 Å². The first kappa shape index (κ1) is 16.2. The predicted octanol–water partition coefficient (Wildman–Crippen LogP) is 2.76. The molecule has 1 aliphatic carbocycles. The number of benzene rings is 1. The zero-order valence-electron chi connectivity index (χ0n) is 10.4. The van der Waals surface area contributed by atoms with E-state index >= 15 is 0 Å². The fraction of sp³-hybridized carbons (Fsp3) is 0.462. The Morgan fingerprint density at radius 2 is 2.21 bits per heavy atom. The summed E-state index contributed by atoms with van der Waals surface area (Å²) in [5.74, 6) is -0.796. The van der Waals surface area contributed by atoms with Gasteiger partial charge in [0, 0.05) is 6.04 Å². The van der Waals surface area contributed by atoms with Crippen molar-refractivity contribution in [1.82, 2.24) is 5.32 Å². The lowest BCUT2D eigenvalue weighted by Gasteiger charge is -2.19. The summed E-state index contributed by atoms with van der Waals surface area (Å²) >= 11 is 5.66. The molecule has 3 N–H and O–H groups in total. The maximum atomic E-state index is 13.7. The third-order valence-corrected chi connectivity index (χ3v) is 3.77. The van der Waals surface area contributed by atoms with Gasteiger partial charge < -0.3 is 11.1 Å². The Balaban J connectivity index is 0.00000180. The van der Waals surface area contributed by atoms with Crippen molar-refractivity contribution in [1.29, 1.82) is 0 Å². The van der Waals surface area contributed by atoms with Gasteiger partial charge in [-0.2, -0.15) is 0 Å². The third kappa shape index (κ3) is 3.59. The zero-order valence-corrected chi connectivity index (χ0v) is 11.9. The van der Waals surface area contributed by atoms with Crippen LogP contribution in [0.3, 0.4) is 0 Å². The quantitative estimate of drug-likeness (QED) is 0.902. The summed E-state index contributed by atoms with van der Waals surface area (Å²) in [5.41, 5.74) is 5.64. The molecule has 3 nitrogen and oxygen atoms in total. The first-order chi connectivity index (χ1) is 8.63. The third-order valence-electron chi connectivity index (χ3n) is 3.47. The van der Waals surface area contributed by atoms with Crippen LogP contribution >= 0.6 is 24.0 Å². The second-order valence-electron chi connectivity index (χ2n) is 4.61. The molecule has 2 rings (SSSR count). The standard InChI is InChI=1S/C13H16ClFN2O.ClH/c14-10-5-2-4-9(12(10)15)13(18)17-11-6-1-3-8(11)7-16;/h2,4-5,8,11H,1,3,6-7,16H2,(H,17,18);1H. The molecule has 1 aromatic carbocycles. The molecule has 1 aliphatic rings. The molecule has 2 unspecified atom stereocenters. The van der Waals surface area contributed by atoms with Crippen molar-refractivity contribution in [2.24, 2.45) is 11.7 Å². The Morgan fingerprint density at radius 3 is 2.89 bits per heavy atom. The van der Waals surface area contributed by atoms with Crippen LogP contribution in [0.2, 0.25) is 5.02 Å². The second kappa shape index (κ2) is 7.08. The summed E-state index contributed by atoms with van der Waals surface area (Å²) in [4.78, 5) is 12.0. The summed E-state index contributed by atoms with van der Waals surface area (Å²) in [6.45, 7) is 0.545. The SMILES string of the molecule is Cl.NCC1CCCC1NC(=O)c1cccc(Cl)c1F. The Labute approximate surface area is 123 Å². The number of carbonyl (C=O) groups is 1. The molecule has 0 spiro atoms. The lowest BCUT2D eigenvalue weighted by Crippen LogP contribution is -2.40. The highest BCUT2D eigenvalue weighted by Gasteiger charge is 2.28. The van der Waals surface area contributed by atoms with Crippen LogP contribution in [0.1, 0.15) is 29.6 Å². The normalized spacial score (nSPS) is 21.8. The lowest BCUT2D eigenvalue weighted by molar-refractivity contribution is 0.0924. The van der Waals surface area contributed by atoms with Crippen molar-refractivity contribution in [2.45, 2.75) is 25.3 Å². The first-order valence-electron chi connectivity index (χ1n) is 6.08. The van der Waals surface area contributed by atoms with Gasteiger partial charge in [-0.3, -0.25) is 4.79 Å². The van der Waals surface area contributed by atoms with Gasteiger partial charge in [0.1, 0.15) is 0 Å². The highest BCUT2D eigenvalue weighted by atomic mass is 35.5. The summed E-state index contributed by atoms with van der Waals surface area (Å²) < 4.78 is 13.7. The van der Waals surface area contributed by atoms with Crippen LogP contribution in [0.25, 0.3) is 0 Å². The van der Waals surface area contributed by atoms with Gasteiger partial charge in [-0.15, -0.1) is 12.4 Å². The molecule has 2 atom stereocenters. The summed E-state index contributed by atoms with van der Waals surface area (Å²) in [5, 5.41) is 2.81. The van der Waals surface area contributed by atoms with E-state index < -0.39 is 11.7 Å². The smallest absolute Gasteiger partial charge is 0.254 e. The number of amides is 1. The highest BCUT2D eigenvalue weighted by molar-refractivity contribution is 6.31. The van der Waals surface area contributed by atoms with E-state index in [1.165, 1.54) is 12.1 Å². The molecule has 106 valence electrons. The molecular weight excluding hydrogens is 290 g/mol. The highest BCUT2D eigenvalue weighted by Crippen LogP contribution is 2.25. The molecule has 1 fully saturated rings. The molecule has 0 radical (unpaired) electrons. The van der Waals surface area contributed by atoms with Crippen molar-refractivity contribution in [3.63, 3.8) is 0 Å². The van der Waals surface area contributed by atoms with Crippen LogP contribution in [0.4, 0.5) is 4.39 Å². The van der Waals surface area contributed by atoms with Gasteiger partial charge in [-0.1, -0.05) is 24.1 Å². The van der Waals surface area contributed by atoms with Gasteiger partial charge in [0.2, 0.25) is 0 Å². The molecule has 0 bridgehead atoms. The van der Waals surface area contributed by atoms with Crippen LogP contribution in [-0.4, -0.2) is 18.5 Å². The number of rotatable bonds is 3. The van der Waals surface area contributed by atoms with E-state index in [4.69, 9.17) is 17.3 Å². The van der Waals surface area contributed by atoms with Gasteiger partial charge in [0.25, 0.3) is 5.91 Å². The van der Waals surface area contributed by atoms with Crippen molar-refractivity contribution in [2.75, 3.05) is 6.54 Å². The van der Waals surface area contributed by atoms with E-state index in [0.29, 0.717) is 6.54 Å². The minimum absolute atomic E-state index is 0. The van der Waals surface area contributed by atoms with Gasteiger partial charge in [0.05, 0.1) is 10.6 Å². The topological polar surface area (TPSA) is 55.1 Å². The van der Waals surface area contributed by atoms with Crippen LogP contribution in [-0.2, 0) is 0 Å². The fourth-order valence-electron chi connectivity index (χ4n) is 2.43. The summed E-state index contributed by atoms with van der Waals surface area (Å²) in [6.07, 6.45) is 2.96. The van der Waals surface area contributed by atoms with E-state index in [-0.39, 0.29) is 35.0 Å². The van der Waals surface area contributed by atoms with Crippen molar-refractivity contribution >= 4 is 29.9 Å². The van der Waals surface area contributed by atoms with Crippen LogP contribution in [0.15, 0.2) is 18.2 Å². The number of halogens is 3. The van der Waals surface area contributed by atoms with E-state index in [2.05, 4.69) is 5.32 Å². The molecule has 6 heteroatoms. The Hall–Kier alpha value is -0.840. The number of nitrogens with two attached hydrogens (primary N) is 1. The lowest BCUT2D eigenvalue weighted by atomic mass is 10.0. The predicted molar refractivity (Wildman–Crippen MR) is 76.3 cm³/mol. The molecule has 1 amide bonds. The van der Waals surface area contributed by atoms with Crippen LogP contribution in [0.5, 0.6) is 0 Å². The van der Waals surface area contributed by atoms with E-state index in [1.807, 2.05) is 0 Å². The second-order valence-corrected chi connectivity index (χ2v) is 5.02. The van der Waals surface area contributed by atoms with Crippen molar-refractivity contribution in [3.8, 4) is 0 Å². The molecule has 1 saturated carbocycles. The van der Waals surface area contributed by atoms with E-state index in [9.17, 15) is 9.18 Å². The van der Waals surface area contributed by atoms with Crippen molar-refractivity contribution in [3.05, 3.63) is 34.6 Å². The molecule has 19 heavy (non-hydrogen) atoms. The van der Waals surface area contributed by atoms with Gasteiger partial charge in [0.15, 0.2) is 5.82 Å². The number of nitrogens with one attached hydrogen (secondary N) is 1. The van der Waals surface area contributed by atoms with Crippen molar-refractivity contribution < 1.29 is 9.18 Å². The van der Waals surface area contributed by atoms with Gasteiger partial charge in [-0.25, -0.2) is 4.39 Å². The number of carbonyl (C=O) groups excluding carboxylic acids is 1. The fourth-order valence-corrected chi connectivity index (χ4v) is 2.61. The number of hydrogen-bond donors (Lipinski definition) is 2. The molecule has 0 aromatic heterocycles.